The highest BCUT2D eigenvalue weighted by atomic mass is 28.3. The van der Waals surface area contributed by atoms with Crippen molar-refractivity contribution in [3.63, 3.8) is 0 Å². The Kier molecular flexibility index (Phi) is 6.23. The van der Waals surface area contributed by atoms with Crippen LogP contribution in [-0.4, -0.2) is 60.2 Å². The van der Waals surface area contributed by atoms with Crippen LogP contribution in [0.25, 0.3) is 11.0 Å². The Balaban J connectivity index is 1.72. The summed E-state index contributed by atoms with van der Waals surface area (Å²) in [6, 6.07) is 3.49. The molecule has 7 nitrogen and oxygen atoms in total. The molecule has 1 atom stereocenters. The van der Waals surface area contributed by atoms with Gasteiger partial charge in [0.25, 0.3) is 0 Å². The van der Waals surface area contributed by atoms with E-state index in [-0.39, 0.29) is 19.1 Å². The molecule has 30 heavy (non-hydrogen) atoms. The van der Waals surface area contributed by atoms with Gasteiger partial charge in [-0.15, -0.1) is 0 Å². The van der Waals surface area contributed by atoms with Crippen LogP contribution >= 0.6 is 0 Å². The molecule has 2 heterocycles. The van der Waals surface area contributed by atoms with Crippen LogP contribution in [0.5, 0.6) is 0 Å². The lowest BCUT2D eigenvalue weighted by Gasteiger charge is -2.16. The summed E-state index contributed by atoms with van der Waals surface area (Å²) in [4.78, 5) is 28.7. The number of carbonyl (C=O) groups excluding carboxylic acids is 2. The van der Waals surface area contributed by atoms with E-state index in [4.69, 9.17) is 4.74 Å². The molecule has 0 saturated carbocycles. The van der Waals surface area contributed by atoms with Crippen molar-refractivity contribution >= 4 is 31.4 Å². The number of aldehydes is 1. The molecule has 2 aromatic rings. The lowest BCUT2D eigenvalue weighted by Crippen LogP contribution is -2.40. The molecule has 1 aliphatic heterocycles. The van der Waals surface area contributed by atoms with Crippen molar-refractivity contribution in [3.8, 4) is 0 Å². The van der Waals surface area contributed by atoms with Crippen LogP contribution in [0.2, 0.25) is 25.7 Å². The Morgan fingerprint density at radius 1 is 1.33 bits per heavy atom. The maximum absolute atomic E-state index is 12.8. The average molecular weight is 443 g/mol. The minimum absolute atomic E-state index is 0.0182. The number of halogens is 3. The number of rotatable bonds is 8. The number of ether oxygens (including phenoxy) is 1. The number of nitrogens with one attached hydrogen (secondary N) is 1. The van der Waals surface area contributed by atoms with E-state index < -0.39 is 32.9 Å². The maximum Gasteiger partial charge on any atom is 0.410 e. The van der Waals surface area contributed by atoms with E-state index in [9.17, 15) is 22.8 Å². The second kappa shape index (κ2) is 8.38. The minimum atomic E-state index is -4.48. The fraction of sp³-hybridized carbons (Fsp3) is 0.526. The summed E-state index contributed by atoms with van der Waals surface area (Å²) in [6.45, 7) is 7.10. The van der Waals surface area contributed by atoms with E-state index in [2.05, 4.69) is 24.6 Å². The number of hydrogen-bond donors (Lipinski definition) is 1. The summed E-state index contributed by atoms with van der Waals surface area (Å²) in [5.41, 5.74) is 1.84. The highest BCUT2D eigenvalue weighted by molar-refractivity contribution is 6.76. The number of amides is 2. The van der Waals surface area contributed by atoms with Gasteiger partial charge in [-0.2, -0.15) is 13.2 Å². The van der Waals surface area contributed by atoms with E-state index in [0.717, 1.165) is 10.9 Å². The monoisotopic (exact) mass is 442 g/mol. The highest BCUT2D eigenvalue weighted by Crippen LogP contribution is 2.26. The molecular formula is C19H25F3N4O3Si. The summed E-state index contributed by atoms with van der Waals surface area (Å²) in [7, 11) is -1.23. The number of fused-ring (bicyclic) bond motifs is 1. The molecule has 0 radical (unpaired) electrons. The molecule has 0 spiro atoms. The lowest BCUT2D eigenvalue weighted by molar-refractivity contribution is -0.149. The molecule has 11 heteroatoms. The fourth-order valence-electron chi connectivity index (χ4n) is 3.18. The van der Waals surface area contributed by atoms with Crippen molar-refractivity contribution in [1.82, 2.24) is 19.8 Å². The zero-order chi connectivity index (χ0) is 22.1. The van der Waals surface area contributed by atoms with Gasteiger partial charge in [0.2, 0.25) is 0 Å². The quantitative estimate of drug-likeness (QED) is 0.385. The van der Waals surface area contributed by atoms with E-state index in [1.165, 1.54) is 0 Å². The first-order valence-electron chi connectivity index (χ1n) is 9.62. The van der Waals surface area contributed by atoms with Crippen LogP contribution in [0.3, 0.4) is 0 Å². The predicted molar refractivity (Wildman–Crippen MR) is 108 cm³/mol. The van der Waals surface area contributed by atoms with Gasteiger partial charge in [-0.05, 0) is 23.7 Å². The molecule has 164 valence electrons. The van der Waals surface area contributed by atoms with Crippen molar-refractivity contribution in [2.75, 3.05) is 13.2 Å². The van der Waals surface area contributed by atoms with Crippen LogP contribution in [0.4, 0.5) is 18.0 Å². The first-order valence-corrected chi connectivity index (χ1v) is 13.3. The molecule has 0 bridgehead atoms. The number of nitrogens with zero attached hydrogens (tertiary/aromatic N) is 3. The van der Waals surface area contributed by atoms with Crippen molar-refractivity contribution in [2.24, 2.45) is 0 Å². The maximum atomic E-state index is 12.8. The molecule has 1 N–H and O–H groups in total. The predicted octanol–water partition coefficient (Wildman–Crippen LogP) is 3.62. The Labute approximate surface area is 173 Å². The Hall–Kier alpha value is -2.40. The molecule has 3 rings (SSSR count). The summed E-state index contributed by atoms with van der Waals surface area (Å²) in [5.74, 6) is 0.214. The molecule has 1 saturated heterocycles. The first kappa shape index (κ1) is 22.3. The van der Waals surface area contributed by atoms with Crippen LogP contribution in [0, 0.1) is 0 Å². The van der Waals surface area contributed by atoms with Crippen LogP contribution < -0.4 is 5.32 Å². The molecular weight excluding hydrogens is 417 g/mol. The van der Waals surface area contributed by atoms with Gasteiger partial charge in [0.05, 0.1) is 17.6 Å². The summed E-state index contributed by atoms with van der Waals surface area (Å²) >= 11 is 0. The number of benzene rings is 1. The van der Waals surface area contributed by atoms with Gasteiger partial charge in [0.15, 0.2) is 12.1 Å². The summed E-state index contributed by atoms with van der Waals surface area (Å²) in [6.07, 6.45) is -3.84. The van der Waals surface area contributed by atoms with Gasteiger partial charge >= 0.3 is 12.2 Å². The number of imidazole rings is 1. The highest BCUT2D eigenvalue weighted by Gasteiger charge is 2.46. The van der Waals surface area contributed by atoms with E-state index in [1.54, 1.807) is 22.8 Å². The third-order valence-corrected chi connectivity index (χ3v) is 6.62. The Morgan fingerprint density at radius 2 is 2.07 bits per heavy atom. The van der Waals surface area contributed by atoms with E-state index >= 15 is 0 Å². The second-order valence-corrected chi connectivity index (χ2v) is 14.2. The van der Waals surface area contributed by atoms with Gasteiger partial charge < -0.3 is 15.0 Å². The number of aromatic nitrogens is 2. The molecule has 1 aromatic carbocycles. The number of urea groups is 1. The largest absolute Gasteiger partial charge is 0.410 e. The third-order valence-electron chi connectivity index (χ3n) is 4.92. The molecule has 0 unspecified atom stereocenters. The van der Waals surface area contributed by atoms with Crippen molar-refractivity contribution < 1.29 is 27.5 Å². The Morgan fingerprint density at radius 3 is 2.67 bits per heavy atom. The zero-order valence-corrected chi connectivity index (χ0v) is 18.1. The molecule has 1 fully saturated rings. The third kappa shape index (κ3) is 5.20. The molecule has 1 aliphatic rings. The van der Waals surface area contributed by atoms with Crippen molar-refractivity contribution in [1.29, 1.82) is 0 Å². The number of hydrogen-bond acceptors (Lipinski definition) is 4. The number of carbonyl (C=O) groups is 2. The van der Waals surface area contributed by atoms with E-state index in [0.29, 0.717) is 29.5 Å². The molecule has 1 aromatic heterocycles. The molecule has 0 aliphatic carbocycles. The second-order valence-electron chi connectivity index (χ2n) is 8.61. The Bertz CT molecular complexity index is 939. The summed E-state index contributed by atoms with van der Waals surface area (Å²) in [5, 5.41) is 1.95. The van der Waals surface area contributed by atoms with Crippen LogP contribution in [0.15, 0.2) is 18.2 Å². The minimum Gasteiger partial charge on any atom is -0.361 e. The lowest BCUT2D eigenvalue weighted by atomic mass is 10.2. The van der Waals surface area contributed by atoms with Crippen molar-refractivity contribution in [2.45, 2.75) is 51.2 Å². The van der Waals surface area contributed by atoms with Gasteiger partial charge in [0.1, 0.15) is 12.8 Å². The van der Waals surface area contributed by atoms with Crippen LogP contribution in [-0.2, 0) is 18.0 Å². The SMILES string of the molecule is C[Si](C)(C)CCOCn1c(C=O)nc2cc(CN3C[C@@H](C(F)(F)F)NC3=O)ccc21. The van der Waals surface area contributed by atoms with Gasteiger partial charge in [-0.1, -0.05) is 25.7 Å². The average Bonchev–Trinajstić information content (AvgIpc) is 3.18. The van der Waals surface area contributed by atoms with E-state index in [1.807, 2.05) is 5.32 Å². The van der Waals surface area contributed by atoms with Gasteiger partial charge in [0, 0.05) is 21.2 Å². The number of alkyl halides is 3. The topological polar surface area (TPSA) is 76.5 Å². The first-order chi connectivity index (χ1) is 14.0. The summed E-state index contributed by atoms with van der Waals surface area (Å²) < 4.78 is 45.9. The van der Waals surface area contributed by atoms with Crippen molar-refractivity contribution in [3.05, 3.63) is 29.6 Å². The van der Waals surface area contributed by atoms with Crippen LogP contribution in [0.1, 0.15) is 16.2 Å². The van der Waals surface area contributed by atoms with Gasteiger partial charge in [-0.3, -0.25) is 9.36 Å². The van der Waals surface area contributed by atoms with Gasteiger partial charge in [-0.25, -0.2) is 9.78 Å². The smallest absolute Gasteiger partial charge is 0.361 e. The molecule has 2 amide bonds. The fourth-order valence-corrected chi connectivity index (χ4v) is 3.94. The zero-order valence-electron chi connectivity index (χ0n) is 17.1. The standard InChI is InChI=1S/C19H25F3N4O3Si/c1-30(2,3)7-6-29-12-26-15-5-4-13(8-14(15)23-17(26)11-27)9-25-10-16(19(20,21)22)24-18(25)28/h4-5,8,11,16H,6-7,9-10,12H2,1-3H3,(H,24,28)/t16-/m0/s1. The normalized spacial score (nSPS) is 17.6.